The molecule has 24 heavy (non-hydrogen) atoms. The zero-order chi connectivity index (χ0) is 17.4. The van der Waals surface area contributed by atoms with E-state index in [4.69, 9.17) is 0 Å². The highest BCUT2D eigenvalue weighted by atomic mass is 16.1. The van der Waals surface area contributed by atoms with Gasteiger partial charge in [0, 0.05) is 35.3 Å². The molecule has 0 bridgehead atoms. The first kappa shape index (κ1) is 17.2. The molecular weight excluding hydrogens is 296 g/mol. The molecular formula is C21H30N2O. The Morgan fingerprint density at radius 3 is 2.25 bits per heavy atom. The molecule has 130 valence electrons. The Kier molecular flexibility index (Phi) is 4.56. The van der Waals surface area contributed by atoms with E-state index in [1.165, 1.54) is 5.56 Å². The van der Waals surface area contributed by atoms with Crippen LogP contribution in [0.2, 0.25) is 0 Å². The molecule has 1 atom stereocenters. The van der Waals surface area contributed by atoms with Gasteiger partial charge in [-0.25, -0.2) is 0 Å². The molecule has 1 aromatic rings. The first-order valence-electron chi connectivity index (χ1n) is 9.07. The molecule has 1 aliphatic carbocycles. The van der Waals surface area contributed by atoms with Crippen molar-refractivity contribution in [1.29, 1.82) is 0 Å². The number of allylic oxidation sites excluding steroid dienone is 2. The molecule has 1 fully saturated rings. The second-order valence-electron chi connectivity index (χ2n) is 8.79. The third-order valence-corrected chi connectivity index (χ3v) is 5.10. The number of hydrogen-bond acceptors (Lipinski definition) is 3. The van der Waals surface area contributed by atoms with Crippen molar-refractivity contribution in [2.75, 3.05) is 0 Å². The minimum atomic E-state index is 0.109. The highest BCUT2D eigenvalue weighted by Crippen LogP contribution is 2.33. The van der Waals surface area contributed by atoms with E-state index in [0.717, 1.165) is 25.0 Å². The van der Waals surface area contributed by atoms with Gasteiger partial charge in [-0.1, -0.05) is 30.3 Å². The number of piperidine rings is 1. The van der Waals surface area contributed by atoms with Crippen LogP contribution < -0.4 is 10.6 Å². The van der Waals surface area contributed by atoms with E-state index in [0.29, 0.717) is 18.4 Å². The second-order valence-corrected chi connectivity index (χ2v) is 8.79. The van der Waals surface area contributed by atoms with Crippen LogP contribution in [-0.4, -0.2) is 22.9 Å². The van der Waals surface area contributed by atoms with Gasteiger partial charge in [0.2, 0.25) is 0 Å². The lowest BCUT2D eigenvalue weighted by molar-refractivity contribution is -0.115. The normalized spacial score (nSPS) is 26.8. The van der Waals surface area contributed by atoms with Gasteiger partial charge in [-0.05, 0) is 58.4 Å². The van der Waals surface area contributed by atoms with Gasteiger partial charge < -0.3 is 10.6 Å². The lowest BCUT2D eigenvalue weighted by Crippen LogP contribution is -2.61. The van der Waals surface area contributed by atoms with Crippen molar-refractivity contribution in [3.05, 3.63) is 47.7 Å². The highest BCUT2D eigenvalue weighted by molar-refractivity contribution is 5.92. The summed E-state index contributed by atoms with van der Waals surface area (Å²) in [6.07, 6.45) is 5.52. The van der Waals surface area contributed by atoms with Crippen molar-refractivity contribution in [2.24, 2.45) is 0 Å². The van der Waals surface area contributed by atoms with Gasteiger partial charge in [-0.3, -0.25) is 4.79 Å². The zero-order valence-corrected chi connectivity index (χ0v) is 15.4. The summed E-state index contributed by atoms with van der Waals surface area (Å²) in [5.74, 6) is 0.541. The maximum absolute atomic E-state index is 12.2. The topological polar surface area (TPSA) is 41.1 Å². The summed E-state index contributed by atoms with van der Waals surface area (Å²) in [6.45, 7) is 9.04. The fourth-order valence-corrected chi connectivity index (χ4v) is 4.64. The van der Waals surface area contributed by atoms with Crippen LogP contribution >= 0.6 is 0 Å². The van der Waals surface area contributed by atoms with E-state index < -0.39 is 0 Å². The Hall–Kier alpha value is -1.61. The van der Waals surface area contributed by atoms with Gasteiger partial charge in [0.15, 0.2) is 5.78 Å². The highest BCUT2D eigenvalue weighted by Gasteiger charge is 2.38. The van der Waals surface area contributed by atoms with Gasteiger partial charge in [-0.2, -0.15) is 0 Å². The molecule has 0 unspecified atom stereocenters. The molecule has 3 nitrogen and oxygen atoms in total. The smallest absolute Gasteiger partial charge is 0.158 e. The largest absolute Gasteiger partial charge is 0.385 e. The van der Waals surface area contributed by atoms with E-state index in [2.05, 4.69) is 62.6 Å². The van der Waals surface area contributed by atoms with Crippen LogP contribution in [0.5, 0.6) is 0 Å². The van der Waals surface area contributed by atoms with Crippen LogP contribution in [0.4, 0.5) is 0 Å². The number of benzene rings is 1. The average molecular weight is 326 g/mol. The van der Waals surface area contributed by atoms with E-state index >= 15 is 0 Å². The van der Waals surface area contributed by atoms with Crippen LogP contribution in [-0.2, 0) is 4.79 Å². The van der Waals surface area contributed by atoms with Crippen LogP contribution in [0, 0.1) is 0 Å². The summed E-state index contributed by atoms with van der Waals surface area (Å²) in [4.78, 5) is 12.2. The van der Waals surface area contributed by atoms with Gasteiger partial charge in [0.25, 0.3) is 0 Å². The van der Waals surface area contributed by atoms with Crippen LogP contribution in [0.25, 0.3) is 0 Å². The molecule has 3 rings (SSSR count). The van der Waals surface area contributed by atoms with Crippen molar-refractivity contribution in [2.45, 2.75) is 76.4 Å². The SMILES string of the molecule is CC1(C)CC(NC2=CC(=O)C[C@H](c3ccccc3)C2)CC(C)(C)N1. The lowest BCUT2D eigenvalue weighted by atomic mass is 9.79. The first-order valence-corrected chi connectivity index (χ1v) is 9.07. The summed E-state index contributed by atoms with van der Waals surface area (Å²) in [6, 6.07) is 10.8. The molecule has 0 radical (unpaired) electrons. The Morgan fingerprint density at radius 2 is 1.62 bits per heavy atom. The Morgan fingerprint density at radius 1 is 1.00 bits per heavy atom. The lowest BCUT2D eigenvalue weighted by Gasteiger charge is -2.47. The predicted molar refractivity (Wildman–Crippen MR) is 99.0 cm³/mol. The third kappa shape index (κ3) is 4.27. The van der Waals surface area contributed by atoms with Crippen LogP contribution in [0.3, 0.4) is 0 Å². The summed E-state index contributed by atoms with van der Waals surface area (Å²) < 4.78 is 0. The molecule has 0 amide bonds. The molecule has 3 heteroatoms. The van der Waals surface area contributed by atoms with Crippen molar-refractivity contribution in [3.8, 4) is 0 Å². The number of carbonyl (C=O) groups is 1. The van der Waals surface area contributed by atoms with Crippen molar-refractivity contribution in [1.82, 2.24) is 10.6 Å². The number of rotatable bonds is 3. The summed E-state index contributed by atoms with van der Waals surface area (Å²) in [7, 11) is 0. The second kappa shape index (κ2) is 6.36. The number of carbonyl (C=O) groups excluding carboxylic acids is 1. The molecule has 1 aromatic carbocycles. The predicted octanol–water partition coefficient (Wildman–Crippen LogP) is 3.92. The summed E-state index contributed by atoms with van der Waals surface area (Å²) >= 11 is 0. The van der Waals surface area contributed by atoms with Gasteiger partial charge in [0.05, 0.1) is 0 Å². The van der Waals surface area contributed by atoms with Gasteiger partial charge in [-0.15, -0.1) is 0 Å². The Bertz CT molecular complexity index is 614. The standard InChI is InChI=1S/C21H30N2O/c1-20(2)13-18(14-21(3,4)23-20)22-17-10-16(11-19(24)12-17)15-8-6-5-7-9-15/h5-9,12,16,18,22-23H,10-11,13-14H2,1-4H3/t16-/m1/s1. The maximum atomic E-state index is 12.2. The third-order valence-electron chi connectivity index (χ3n) is 5.10. The quantitative estimate of drug-likeness (QED) is 0.884. The van der Waals surface area contributed by atoms with Gasteiger partial charge >= 0.3 is 0 Å². The zero-order valence-electron chi connectivity index (χ0n) is 15.4. The fraction of sp³-hybridized carbons (Fsp3) is 0.571. The van der Waals surface area contributed by atoms with Crippen LogP contribution in [0.15, 0.2) is 42.1 Å². The molecule has 0 saturated carbocycles. The average Bonchev–Trinajstić information content (AvgIpc) is 2.44. The Labute approximate surface area is 145 Å². The molecule has 0 spiro atoms. The van der Waals surface area contributed by atoms with E-state index in [1.54, 1.807) is 0 Å². The monoisotopic (exact) mass is 326 g/mol. The molecule has 0 aromatic heterocycles. The van der Waals surface area contributed by atoms with Crippen molar-refractivity contribution < 1.29 is 4.79 Å². The molecule has 2 N–H and O–H groups in total. The first-order chi connectivity index (χ1) is 11.2. The van der Waals surface area contributed by atoms with Crippen molar-refractivity contribution in [3.63, 3.8) is 0 Å². The molecule has 1 saturated heterocycles. The van der Waals surface area contributed by atoms with Crippen LogP contribution in [0.1, 0.15) is 64.9 Å². The maximum Gasteiger partial charge on any atom is 0.158 e. The number of ketones is 1. The number of hydrogen-bond donors (Lipinski definition) is 2. The van der Waals surface area contributed by atoms with Gasteiger partial charge in [0.1, 0.15) is 0 Å². The number of nitrogens with one attached hydrogen (secondary N) is 2. The molecule has 1 heterocycles. The molecule has 1 aliphatic heterocycles. The minimum Gasteiger partial charge on any atom is -0.385 e. The molecule has 2 aliphatic rings. The fourth-order valence-electron chi connectivity index (χ4n) is 4.64. The van der Waals surface area contributed by atoms with Crippen molar-refractivity contribution >= 4 is 5.78 Å². The minimum absolute atomic E-state index is 0.109. The van der Waals surface area contributed by atoms with E-state index in [-0.39, 0.29) is 16.9 Å². The van der Waals surface area contributed by atoms with E-state index in [9.17, 15) is 4.79 Å². The summed E-state index contributed by atoms with van der Waals surface area (Å²) in [5, 5.41) is 7.42. The summed E-state index contributed by atoms with van der Waals surface area (Å²) in [5.41, 5.74) is 2.59. The van der Waals surface area contributed by atoms with E-state index in [1.807, 2.05) is 12.1 Å². The Balaban J connectivity index is 1.71.